The maximum atomic E-state index is 13.2. The highest BCUT2D eigenvalue weighted by molar-refractivity contribution is 6.34. The maximum absolute atomic E-state index is 13.2. The number of alkyl halides is 3. The SMILES string of the molecule is C[C@H]1C2=C(CCN1C(=O)c1cccc(C(F)(F)F)c1Cl)N(c1ccn[nH]1)NN2C. The van der Waals surface area contributed by atoms with Crippen molar-refractivity contribution in [2.75, 3.05) is 18.6 Å². The number of amides is 1. The molecule has 3 heterocycles. The Morgan fingerprint density at radius 2 is 2.07 bits per heavy atom. The quantitative estimate of drug-likeness (QED) is 0.770. The van der Waals surface area contributed by atoms with Gasteiger partial charge in [-0.3, -0.25) is 14.9 Å². The summed E-state index contributed by atoms with van der Waals surface area (Å²) < 4.78 is 39.5. The van der Waals surface area contributed by atoms with Crippen molar-refractivity contribution >= 4 is 23.3 Å². The lowest BCUT2D eigenvalue weighted by Gasteiger charge is -2.36. The van der Waals surface area contributed by atoms with Crippen molar-refractivity contribution in [3.63, 3.8) is 0 Å². The summed E-state index contributed by atoms with van der Waals surface area (Å²) in [5.74, 6) is 0.211. The van der Waals surface area contributed by atoms with Crippen LogP contribution >= 0.6 is 11.6 Å². The van der Waals surface area contributed by atoms with Crippen molar-refractivity contribution in [1.29, 1.82) is 0 Å². The molecule has 0 unspecified atom stereocenters. The summed E-state index contributed by atoms with van der Waals surface area (Å²) in [6, 6.07) is 4.83. The standard InChI is InChI=1S/C18H18ClF3N6O/c1-10-16-13(28(25-26(16)2)14-6-8-23-24-14)7-9-27(10)17(29)11-4-3-5-12(15(11)19)18(20,21)22/h3-6,8,10,25H,7,9H2,1-2H3,(H,23,24)/t10-/m0/s1. The van der Waals surface area contributed by atoms with Crippen LogP contribution in [-0.2, 0) is 6.18 Å². The van der Waals surface area contributed by atoms with E-state index < -0.39 is 22.7 Å². The second-order valence-corrected chi connectivity index (χ2v) is 7.24. The fraction of sp³-hybridized carbons (Fsp3) is 0.333. The number of hydrazine groups is 2. The van der Waals surface area contributed by atoms with Crippen molar-refractivity contribution < 1.29 is 18.0 Å². The molecule has 0 aliphatic carbocycles. The number of halogens is 4. The van der Waals surface area contributed by atoms with Gasteiger partial charge in [-0.25, -0.2) is 5.01 Å². The molecule has 1 aromatic heterocycles. The van der Waals surface area contributed by atoms with Crippen LogP contribution in [0.25, 0.3) is 0 Å². The summed E-state index contributed by atoms with van der Waals surface area (Å²) in [6.45, 7) is 2.17. The van der Waals surface area contributed by atoms with E-state index in [1.54, 1.807) is 17.3 Å². The number of hydrogen-bond donors (Lipinski definition) is 2. The van der Waals surface area contributed by atoms with Gasteiger partial charge in [-0.15, -0.1) is 5.53 Å². The van der Waals surface area contributed by atoms with E-state index in [4.69, 9.17) is 11.6 Å². The average molecular weight is 427 g/mol. The molecule has 1 aromatic carbocycles. The van der Waals surface area contributed by atoms with E-state index >= 15 is 0 Å². The van der Waals surface area contributed by atoms with Crippen molar-refractivity contribution in [3.8, 4) is 0 Å². The van der Waals surface area contributed by atoms with Crippen molar-refractivity contribution in [1.82, 2.24) is 25.6 Å². The molecule has 2 N–H and O–H groups in total. The third kappa shape index (κ3) is 3.22. The normalized spacial score (nSPS) is 19.8. The molecule has 154 valence electrons. The van der Waals surface area contributed by atoms with Gasteiger partial charge < -0.3 is 4.90 Å². The lowest BCUT2D eigenvalue weighted by molar-refractivity contribution is -0.137. The average Bonchev–Trinajstić information content (AvgIpc) is 3.29. The van der Waals surface area contributed by atoms with Gasteiger partial charge in [0.15, 0.2) is 0 Å². The smallest absolute Gasteiger partial charge is 0.330 e. The number of hydrogen-bond acceptors (Lipinski definition) is 5. The summed E-state index contributed by atoms with van der Waals surface area (Å²) >= 11 is 5.96. The first-order valence-electron chi connectivity index (χ1n) is 8.89. The van der Waals surface area contributed by atoms with Crippen LogP contribution in [0.2, 0.25) is 5.02 Å². The highest BCUT2D eigenvalue weighted by atomic mass is 35.5. The number of likely N-dealkylation sites (N-methyl/N-ethyl adjacent to an activating group) is 1. The Balaban J connectivity index is 1.66. The van der Waals surface area contributed by atoms with Crippen LogP contribution in [0.3, 0.4) is 0 Å². The molecular formula is C18H18ClF3N6O. The Bertz CT molecular complexity index is 974. The number of nitrogens with one attached hydrogen (secondary N) is 2. The van der Waals surface area contributed by atoms with Crippen LogP contribution in [-0.4, -0.2) is 45.6 Å². The molecule has 0 saturated heterocycles. The van der Waals surface area contributed by atoms with E-state index in [0.29, 0.717) is 13.0 Å². The molecule has 11 heteroatoms. The Labute approximate surface area is 169 Å². The van der Waals surface area contributed by atoms with Gasteiger partial charge in [-0.1, -0.05) is 17.7 Å². The predicted octanol–water partition coefficient (Wildman–Crippen LogP) is 3.40. The zero-order valence-electron chi connectivity index (χ0n) is 15.6. The number of carbonyl (C=O) groups is 1. The number of nitrogens with zero attached hydrogens (tertiary/aromatic N) is 4. The predicted molar refractivity (Wildman–Crippen MR) is 101 cm³/mol. The van der Waals surface area contributed by atoms with Gasteiger partial charge in [-0.2, -0.15) is 18.3 Å². The molecule has 0 radical (unpaired) electrons. The lowest BCUT2D eigenvalue weighted by atomic mass is 10.0. The number of aromatic amines is 1. The van der Waals surface area contributed by atoms with E-state index in [1.165, 1.54) is 17.0 Å². The Morgan fingerprint density at radius 3 is 2.72 bits per heavy atom. The van der Waals surface area contributed by atoms with E-state index in [-0.39, 0.29) is 11.6 Å². The van der Waals surface area contributed by atoms with E-state index in [1.807, 2.05) is 19.0 Å². The minimum Gasteiger partial charge on any atom is -0.330 e. The van der Waals surface area contributed by atoms with Gasteiger partial charge in [0.05, 0.1) is 39.8 Å². The summed E-state index contributed by atoms with van der Waals surface area (Å²) in [5, 5.41) is 9.89. The Hall–Kier alpha value is -2.72. The second-order valence-electron chi connectivity index (χ2n) is 6.86. The largest absolute Gasteiger partial charge is 0.417 e. The van der Waals surface area contributed by atoms with Gasteiger partial charge >= 0.3 is 6.18 Å². The molecule has 2 aromatic rings. The molecule has 4 rings (SSSR count). The van der Waals surface area contributed by atoms with Crippen LogP contribution in [0, 0.1) is 0 Å². The summed E-state index contributed by atoms with van der Waals surface area (Å²) in [7, 11) is 1.81. The molecular weight excluding hydrogens is 409 g/mol. The molecule has 2 aliphatic heterocycles. The molecule has 7 nitrogen and oxygen atoms in total. The fourth-order valence-electron chi connectivity index (χ4n) is 3.82. The molecule has 1 atom stereocenters. The first-order chi connectivity index (χ1) is 13.7. The Morgan fingerprint density at radius 1 is 1.31 bits per heavy atom. The van der Waals surface area contributed by atoms with Crippen molar-refractivity contribution in [2.24, 2.45) is 0 Å². The lowest BCUT2D eigenvalue weighted by Crippen LogP contribution is -2.46. The Kier molecular flexibility index (Phi) is 4.70. The third-order valence-electron chi connectivity index (χ3n) is 5.15. The minimum atomic E-state index is -4.63. The molecule has 0 spiro atoms. The zero-order chi connectivity index (χ0) is 20.9. The fourth-order valence-corrected chi connectivity index (χ4v) is 4.14. The van der Waals surface area contributed by atoms with E-state index in [2.05, 4.69) is 15.7 Å². The van der Waals surface area contributed by atoms with Crippen LogP contribution in [0.5, 0.6) is 0 Å². The van der Waals surface area contributed by atoms with Gasteiger partial charge in [0.2, 0.25) is 0 Å². The molecule has 2 aliphatic rings. The minimum absolute atomic E-state index is 0.156. The van der Waals surface area contributed by atoms with Gasteiger partial charge in [0, 0.05) is 26.1 Å². The first-order valence-corrected chi connectivity index (χ1v) is 9.27. The monoisotopic (exact) mass is 426 g/mol. The number of aromatic nitrogens is 2. The molecule has 0 bridgehead atoms. The first kappa shape index (κ1) is 19.6. The molecule has 0 saturated carbocycles. The summed E-state index contributed by atoms with van der Waals surface area (Å²) in [4.78, 5) is 14.6. The highest BCUT2D eigenvalue weighted by Crippen LogP contribution is 2.38. The van der Waals surface area contributed by atoms with Crippen molar-refractivity contribution in [3.05, 3.63) is 58.0 Å². The second kappa shape index (κ2) is 6.96. The van der Waals surface area contributed by atoms with Crippen molar-refractivity contribution in [2.45, 2.75) is 25.6 Å². The number of carbonyl (C=O) groups excluding carboxylic acids is 1. The molecule has 0 fully saturated rings. The zero-order valence-corrected chi connectivity index (χ0v) is 16.3. The van der Waals surface area contributed by atoms with E-state index in [0.717, 1.165) is 23.3 Å². The number of anilines is 1. The van der Waals surface area contributed by atoms with Crippen LogP contribution in [0.4, 0.5) is 19.0 Å². The third-order valence-corrected chi connectivity index (χ3v) is 5.56. The van der Waals surface area contributed by atoms with Gasteiger partial charge in [0.1, 0.15) is 5.82 Å². The number of H-pyrrole nitrogens is 1. The number of benzene rings is 1. The maximum Gasteiger partial charge on any atom is 0.417 e. The van der Waals surface area contributed by atoms with Crippen LogP contribution in [0.1, 0.15) is 29.3 Å². The van der Waals surface area contributed by atoms with Crippen LogP contribution in [0.15, 0.2) is 41.9 Å². The molecule has 29 heavy (non-hydrogen) atoms. The number of rotatable bonds is 2. The van der Waals surface area contributed by atoms with E-state index in [9.17, 15) is 18.0 Å². The highest BCUT2D eigenvalue weighted by Gasteiger charge is 2.41. The van der Waals surface area contributed by atoms with Gasteiger partial charge in [-0.05, 0) is 19.1 Å². The summed E-state index contributed by atoms with van der Waals surface area (Å²) in [6.07, 6.45) is -2.48. The molecule has 1 amide bonds. The van der Waals surface area contributed by atoms with Gasteiger partial charge in [0.25, 0.3) is 5.91 Å². The summed E-state index contributed by atoms with van der Waals surface area (Å²) in [5.41, 5.74) is 3.82. The van der Waals surface area contributed by atoms with Crippen LogP contribution < -0.4 is 10.5 Å². The topological polar surface area (TPSA) is 67.5 Å².